The van der Waals surface area contributed by atoms with Crippen LogP contribution in [0.5, 0.6) is 0 Å². The number of carboxylic acid groups (broad SMARTS) is 1. The van der Waals surface area contributed by atoms with Gasteiger partial charge in [0.05, 0.1) is 24.4 Å². The van der Waals surface area contributed by atoms with Gasteiger partial charge in [0.25, 0.3) is 0 Å². The molecule has 2 aliphatic rings. The molecule has 1 aliphatic heterocycles. The molecule has 148 valence electrons. The molecule has 1 saturated carbocycles. The average molecular weight is 382 g/mol. The summed E-state index contributed by atoms with van der Waals surface area (Å²) >= 11 is 0. The van der Waals surface area contributed by atoms with Gasteiger partial charge in [-0.25, -0.2) is 9.48 Å². The van der Waals surface area contributed by atoms with Gasteiger partial charge in [0.2, 0.25) is 11.7 Å². The first-order chi connectivity index (χ1) is 12.8. The summed E-state index contributed by atoms with van der Waals surface area (Å²) in [5.41, 5.74) is 0.765. The molecule has 5 N–H and O–H groups in total. The van der Waals surface area contributed by atoms with E-state index in [1.165, 1.54) is 17.7 Å². The second kappa shape index (κ2) is 7.62. The van der Waals surface area contributed by atoms with E-state index in [2.05, 4.69) is 15.6 Å². The molecular weight excluding hydrogens is 360 g/mol. The van der Waals surface area contributed by atoms with Crippen molar-refractivity contribution < 1.29 is 34.8 Å². The first-order valence-electron chi connectivity index (χ1n) is 8.59. The van der Waals surface area contributed by atoms with Crippen LogP contribution in [0.25, 0.3) is 0 Å². The SMILES string of the molecule is CC(=O)N[C@H]1[C@H]([C@H](O)[C@H](O)CO)OC(C(=O)O)=C[C@@H]1n1cc(C2CC2)nn1. The maximum atomic E-state index is 11.7. The number of aliphatic hydroxyl groups is 3. The summed E-state index contributed by atoms with van der Waals surface area (Å²) < 4.78 is 6.74. The first kappa shape index (κ1) is 19.3. The molecule has 1 aromatic rings. The predicted octanol–water partition coefficient (Wildman–Crippen LogP) is -1.72. The Morgan fingerprint density at radius 1 is 1.41 bits per heavy atom. The van der Waals surface area contributed by atoms with Crippen molar-refractivity contribution in [1.29, 1.82) is 0 Å². The fourth-order valence-electron chi connectivity index (χ4n) is 3.09. The summed E-state index contributed by atoms with van der Waals surface area (Å²) in [7, 11) is 0. The second-order valence-corrected chi connectivity index (χ2v) is 6.77. The van der Waals surface area contributed by atoms with Crippen molar-refractivity contribution in [2.45, 2.75) is 56.1 Å². The lowest BCUT2D eigenvalue weighted by molar-refractivity contribution is -0.147. The largest absolute Gasteiger partial charge is 0.478 e. The zero-order valence-corrected chi connectivity index (χ0v) is 14.6. The number of amides is 1. The first-order valence-corrected chi connectivity index (χ1v) is 8.59. The number of carboxylic acids is 1. The smallest absolute Gasteiger partial charge is 0.370 e. The molecule has 1 aliphatic carbocycles. The third-order valence-corrected chi connectivity index (χ3v) is 4.63. The highest BCUT2D eigenvalue weighted by atomic mass is 16.5. The number of hydrogen-bond acceptors (Lipinski definition) is 8. The zero-order valence-electron chi connectivity index (χ0n) is 14.6. The third-order valence-electron chi connectivity index (χ3n) is 4.63. The molecule has 0 unspecified atom stereocenters. The number of rotatable bonds is 7. The number of nitrogens with one attached hydrogen (secondary N) is 1. The maximum Gasteiger partial charge on any atom is 0.370 e. The van der Waals surface area contributed by atoms with Crippen molar-refractivity contribution in [2.75, 3.05) is 6.61 Å². The molecule has 2 heterocycles. The topological polar surface area (TPSA) is 167 Å². The molecule has 1 amide bonds. The van der Waals surface area contributed by atoms with E-state index >= 15 is 0 Å². The van der Waals surface area contributed by atoms with Gasteiger partial charge in [-0.05, 0) is 18.9 Å². The molecule has 27 heavy (non-hydrogen) atoms. The van der Waals surface area contributed by atoms with Crippen molar-refractivity contribution in [3.63, 3.8) is 0 Å². The van der Waals surface area contributed by atoms with Crippen LogP contribution in [0.2, 0.25) is 0 Å². The molecule has 0 bridgehead atoms. The Balaban J connectivity index is 1.99. The summed E-state index contributed by atoms with van der Waals surface area (Å²) in [5.74, 6) is -1.96. The Morgan fingerprint density at radius 3 is 2.67 bits per heavy atom. The number of nitrogens with zero attached hydrogens (tertiary/aromatic N) is 3. The van der Waals surface area contributed by atoms with E-state index < -0.39 is 54.6 Å². The van der Waals surface area contributed by atoms with Crippen molar-refractivity contribution >= 4 is 11.9 Å². The van der Waals surface area contributed by atoms with Gasteiger partial charge >= 0.3 is 5.97 Å². The Labute approximate surface area is 154 Å². The number of aromatic nitrogens is 3. The zero-order chi connectivity index (χ0) is 19.7. The average Bonchev–Trinajstić information content (AvgIpc) is 3.37. The molecule has 5 atom stereocenters. The van der Waals surface area contributed by atoms with Crippen molar-refractivity contribution in [1.82, 2.24) is 20.3 Å². The summed E-state index contributed by atoms with van der Waals surface area (Å²) in [6.45, 7) is 0.496. The fraction of sp³-hybridized carbons (Fsp3) is 0.625. The molecule has 11 heteroatoms. The molecule has 3 rings (SSSR count). The molecule has 11 nitrogen and oxygen atoms in total. The molecule has 0 spiro atoms. The van der Waals surface area contributed by atoms with Crippen LogP contribution in [-0.2, 0) is 14.3 Å². The summed E-state index contributed by atoms with van der Waals surface area (Å²) in [6, 6.07) is -1.77. The number of ether oxygens (including phenoxy) is 1. The summed E-state index contributed by atoms with van der Waals surface area (Å²) in [5, 5.41) is 49.4. The summed E-state index contributed by atoms with van der Waals surface area (Å²) in [4.78, 5) is 23.2. The molecule has 0 saturated heterocycles. The van der Waals surface area contributed by atoms with Gasteiger partial charge in [-0.15, -0.1) is 5.10 Å². The van der Waals surface area contributed by atoms with E-state index in [4.69, 9.17) is 9.84 Å². The van der Waals surface area contributed by atoms with Crippen LogP contribution in [0.3, 0.4) is 0 Å². The minimum atomic E-state index is -1.65. The minimum Gasteiger partial charge on any atom is -0.478 e. The monoisotopic (exact) mass is 382 g/mol. The van der Waals surface area contributed by atoms with Crippen LogP contribution >= 0.6 is 0 Å². The van der Waals surface area contributed by atoms with Gasteiger partial charge in [-0.3, -0.25) is 4.79 Å². The van der Waals surface area contributed by atoms with Gasteiger partial charge in [0.15, 0.2) is 0 Å². The van der Waals surface area contributed by atoms with Gasteiger partial charge in [0.1, 0.15) is 18.3 Å². The predicted molar refractivity (Wildman–Crippen MR) is 88.3 cm³/mol. The highest BCUT2D eigenvalue weighted by Gasteiger charge is 2.45. The highest BCUT2D eigenvalue weighted by molar-refractivity contribution is 5.84. The highest BCUT2D eigenvalue weighted by Crippen LogP contribution is 2.39. The van der Waals surface area contributed by atoms with Gasteiger partial charge in [-0.1, -0.05) is 5.21 Å². The Morgan fingerprint density at radius 2 is 2.11 bits per heavy atom. The van der Waals surface area contributed by atoms with E-state index in [-0.39, 0.29) is 0 Å². The summed E-state index contributed by atoms with van der Waals surface area (Å²) in [6.07, 6.45) is 0.379. The maximum absolute atomic E-state index is 11.7. The number of carbonyl (C=O) groups is 2. The van der Waals surface area contributed by atoms with Gasteiger partial charge < -0.3 is 30.5 Å². The van der Waals surface area contributed by atoms with E-state index in [0.717, 1.165) is 18.5 Å². The molecular formula is C16H22N4O7. The number of hydrogen-bond donors (Lipinski definition) is 5. The van der Waals surface area contributed by atoms with Crippen molar-refractivity contribution in [2.24, 2.45) is 0 Å². The van der Waals surface area contributed by atoms with Crippen molar-refractivity contribution in [3.8, 4) is 0 Å². The normalized spacial score (nSPS) is 27.3. The fourth-order valence-corrected chi connectivity index (χ4v) is 3.09. The van der Waals surface area contributed by atoms with Crippen LogP contribution in [0.4, 0.5) is 0 Å². The van der Waals surface area contributed by atoms with E-state index in [1.807, 2.05) is 0 Å². The Bertz CT molecular complexity index is 745. The second-order valence-electron chi connectivity index (χ2n) is 6.77. The van der Waals surface area contributed by atoms with Crippen LogP contribution < -0.4 is 5.32 Å². The van der Waals surface area contributed by atoms with Crippen LogP contribution in [-0.4, -0.2) is 78.3 Å². The van der Waals surface area contributed by atoms with Gasteiger partial charge in [0, 0.05) is 19.0 Å². The van der Waals surface area contributed by atoms with Crippen LogP contribution in [0.1, 0.15) is 37.4 Å². The lowest BCUT2D eigenvalue weighted by Gasteiger charge is -2.39. The number of carbonyl (C=O) groups excluding carboxylic acids is 1. The van der Waals surface area contributed by atoms with E-state index in [9.17, 15) is 24.9 Å². The minimum absolute atomic E-state index is 0.318. The Kier molecular flexibility index (Phi) is 5.44. The lowest BCUT2D eigenvalue weighted by Crippen LogP contribution is -2.58. The molecule has 1 aromatic heterocycles. The quantitative estimate of drug-likeness (QED) is 0.368. The number of aliphatic hydroxyl groups excluding tert-OH is 3. The standard InChI is InChI=1S/C16H22N4O7/c1-7(22)17-13-10(20-5-9(18-19-20)8-2-3-8)4-12(16(25)26)27-15(13)14(24)11(23)6-21/h4-5,8,10-11,13-15,21,23-24H,2-3,6H2,1H3,(H,17,22)(H,25,26)/t10-,11+,13+,14+,15+/m0/s1. The van der Waals surface area contributed by atoms with Crippen LogP contribution in [0, 0.1) is 0 Å². The van der Waals surface area contributed by atoms with Gasteiger partial charge in [-0.2, -0.15) is 0 Å². The Hall–Kier alpha value is -2.50. The van der Waals surface area contributed by atoms with Crippen LogP contribution in [0.15, 0.2) is 18.0 Å². The van der Waals surface area contributed by atoms with E-state index in [0.29, 0.717) is 5.92 Å². The van der Waals surface area contributed by atoms with E-state index in [1.54, 1.807) is 6.20 Å². The number of aliphatic carboxylic acids is 1. The lowest BCUT2D eigenvalue weighted by atomic mass is 9.92. The molecule has 1 fully saturated rings. The third kappa shape index (κ3) is 4.10. The molecule has 0 aromatic carbocycles. The molecule has 0 radical (unpaired) electrons. The van der Waals surface area contributed by atoms with Crippen molar-refractivity contribution in [3.05, 3.63) is 23.7 Å².